The Morgan fingerprint density at radius 3 is 2.68 bits per heavy atom. The molecule has 2 aromatic heterocycles. The van der Waals surface area contributed by atoms with E-state index in [1.807, 2.05) is 30.3 Å². The van der Waals surface area contributed by atoms with E-state index in [0.717, 1.165) is 18.4 Å². The monoisotopic (exact) mass is 376 g/mol. The van der Waals surface area contributed by atoms with Gasteiger partial charge < -0.3 is 4.90 Å². The van der Waals surface area contributed by atoms with E-state index in [0.29, 0.717) is 30.9 Å². The van der Waals surface area contributed by atoms with E-state index < -0.39 is 0 Å². The van der Waals surface area contributed by atoms with Crippen LogP contribution in [0.3, 0.4) is 0 Å². The average molecular weight is 376 g/mol. The number of ketones is 1. The highest BCUT2D eigenvalue weighted by Crippen LogP contribution is 2.22. The summed E-state index contributed by atoms with van der Waals surface area (Å²) in [5, 5.41) is 11.1. The van der Waals surface area contributed by atoms with Gasteiger partial charge in [-0.2, -0.15) is 0 Å². The maximum atomic E-state index is 12.9. The molecule has 0 aliphatic carbocycles. The van der Waals surface area contributed by atoms with Crippen molar-refractivity contribution < 1.29 is 9.59 Å². The van der Waals surface area contributed by atoms with Gasteiger partial charge in [-0.05, 0) is 53.1 Å². The predicted octanol–water partition coefficient (Wildman–Crippen LogP) is 1.85. The van der Waals surface area contributed by atoms with E-state index in [1.54, 1.807) is 34.2 Å². The van der Waals surface area contributed by atoms with Gasteiger partial charge in [0.15, 0.2) is 5.78 Å². The molecule has 4 rings (SSSR count). The van der Waals surface area contributed by atoms with Crippen LogP contribution in [0.15, 0.2) is 55.0 Å². The lowest BCUT2D eigenvalue weighted by molar-refractivity contribution is 0.0635. The van der Waals surface area contributed by atoms with Crippen molar-refractivity contribution in [1.29, 1.82) is 0 Å². The molecule has 1 aliphatic heterocycles. The number of carbonyl (C=O) groups excluding carboxylic acids is 2. The number of nitrogens with zero attached hydrogens (tertiary/aromatic N) is 6. The second kappa shape index (κ2) is 8.08. The average Bonchev–Trinajstić information content (AvgIpc) is 3.27. The summed E-state index contributed by atoms with van der Waals surface area (Å²) < 4.78 is 1.62. The quantitative estimate of drug-likeness (QED) is 0.631. The van der Waals surface area contributed by atoms with Crippen molar-refractivity contribution in [2.24, 2.45) is 5.92 Å². The van der Waals surface area contributed by atoms with Crippen molar-refractivity contribution in [2.45, 2.75) is 19.4 Å². The molecule has 3 heterocycles. The number of hydrogen-bond acceptors (Lipinski definition) is 6. The summed E-state index contributed by atoms with van der Waals surface area (Å²) in [6, 6.07) is 12.7. The number of Topliss-reactive ketones (excluding diaryl/α,β-unsaturated/α-hetero) is 1. The zero-order chi connectivity index (χ0) is 19.3. The van der Waals surface area contributed by atoms with Crippen LogP contribution in [0, 0.1) is 5.92 Å². The van der Waals surface area contributed by atoms with Crippen molar-refractivity contribution in [3.05, 3.63) is 71.8 Å². The van der Waals surface area contributed by atoms with E-state index in [2.05, 4.69) is 20.5 Å². The first-order chi connectivity index (χ1) is 13.7. The van der Waals surface area contributed by atoms with Crippen LogP contribution in [0.5, 0.6) is 0 Å². The summed E-state index contributed by atoms with van der Waals surface area (Å²) >= 11 is 0. The molecule has 3 aromatic rings. The molecular weight excluding hydrogens is 356 g/mol. The summed E-state index contributed by atoms with van der Waals surface area (Å²) in [7, 11) is 0. The molecule has 8 nitrogen and oxygen atoms in total. The molecule has 0 saturated carbocycles. The van der Waals surface area contributed by atoms with Gasteiger partial charge in [0.05, 0.1) is 6.54 Å². The fourth-order valence-electron chi connectivity index (χ4n) is 3.47. The number of aromatic nitrogens is 5. The zero-order valence-corrected chi connectivity index (χ0v) is 15.3. The van der Waals surface area contributed by atoms with Crippen LogP contribution >= 0.6 is 0 Å². The number of hydrogen-bond donors (Lipinski definition) is 0. The van der Waals surface area contributed by atoms with Crippen LogP contribution in [-0.4, -0.2) is 54.9 Å². The molecule has 1 atom stereocenters. The van der Waals surface area contributed by atoms with E-state index in [1.165, 1.54) is 0 Å². The molecule has 0 spiro atoms. The van der Waals surface area contributed by atoms with Crippen LogP contribution in [0.25, 0.3) is 0 Å². The number of rotatable bonds is 5. The fraction of sp³-hybridized carbons (Fsp3) is 0.300. The number of tetrazole rings is 1. The highest BCUT2D eigenvalue weighted by molar-refractivity contribution is 5.98. The van der Waals surface area contributed by atoms with Gasteiger partial charge in [-0.3, -0.25) is 14.6 Å². The molecular formula is C20H20N6O2. The third-order valence-electron chi connectivity index (χ3n) is 4.93. The minimum absolute atomic E-state index is 0.00916. The van der Waals surface area contributed by atoms with E-state index >= 15 is 0 Å². The Morgan fingerprint density at radius 2 is 1.96 bits per heavy atom. The third-order valence-corrected chi connectivity index (χ3v) is 4.93. The number of piperidine rings is 1. The smallest absolute Gasteiger partial charge is 0.253 e. The summed E-state index contributed by atoms with van der Waals surface area (Å²) in [5.41, 5.74) is 2.09. The van der Waals surface area contributed by atoms with Gasteiger partial charge in [-0.25, -0.2) is 4.68 Å². The second-order valence-electron chi connectivity index (χ2n) is 6.87. The predicted molar refractivity (Wildman–Crippen MR) is 101 cm³/mol. The Bertz CT molecular complexity index is 941. The molecule has 1 saturated heterocycles. The topological polar surface area (TPSA) is 93.9 Å². The molecule has 142 valence electrons. The number of pyridine rings is 1. The molecule has 1 aliphatic rings. The molecule has 28 heavy (non-hydrogen) atoms. The van der Waals surface area contributed by atoms with Crippen LogP contribution in [0.2, 0.25) is 0 Å². The van der Waals surface area contributed by atoms with Crippen molar-refractivity contribution in [3.63, 3.8) is 0 Å². The first kappa shape index (κ1) is 18.0. The molecule has 0 bridgehead atoms. The highest BCUT2D eigenvalue weighted by Gasteiger charge is 2.30. The number of carbonyl (C=O) groups is 2. The third kappa shape index (κ3) is 3.95. The lowest BCUT2D eigenvalue weighted by atomic mass is 9.91. The molecule has 1 unspecified atom stereocenters. The zero-order valence-electron chi connectivity index (χ0n) is 15.3. The van der Waals surface area contributed by atoms with Crippen LogP contribution < -0.4 is 0 Å². The van der Waals surface area contributed by atoms with Crippen molar-refractivity contribution in [2.75, 3.05) is 13.1 Å². The molecule has 1 amide bonds. The van der Waals surface area contributed by atoms with Crippen LogP contribution in [0.1, 0.15) is 39.3 Å². The van der Waals surface area contributed by atoms with Crippen molar-refractivity contribution >= 4 is 11.7 Å². The summed E-state index contributed by atoms with van der Waals surface area (Å²) in [4.78, 5) is 31.5. The van der Waals surface area contributed by atoms with Gasteiger partial charge in [0.25, 0.3) is 5.91 Å². The first-order valence-electron chi connectivity index (χ1n) is 9.25. The van der Waals surface area contributed by atoms with Gasteiger partial charge in [0.2, 0.25) is 0 Å². The Kier molecular flexibility index (Phi) is 5.18. The fourth-order valence-corrected chi connectivity index (χ4v) is 3.47. The van der Waals surface area contributed by atoms with E-state index in [4.69, 9.17) is 0 Å². The Balaban J connectivity index is 1.42. The lowest BCUT2D eigenvalue weighted by Crippen LogP contribution is -2.42. The normalized spacial score (nSPS) is 16.7. The Morgan fingerprint density at radius 1 is 1.11 bits per heavy atom. The van der Waals surface area contributed by atoms with Gasteiger partial charge in [-0.15, -0.1) is 5.10 Å². The van der Waals surface area contributed by atoms with Gasteiger partial charge in [-0.1, -0.05) is 18.2 Å². The molecule has 0 radical (unpaired) electrons. The Labute approximate surface area is 162 Å². The van der Waals surface area contributed by atoms with Crippen molar-refractivity contribution in [3.8, 4) is 0 Å². The van der Waals surface area contributed by atoms with E-state index in [-0.39, 0.29) is 17.6 Å². The minimum Gasteiger partial charge on any atom is -0.338 e. The highest BCUT2D eigenvalue weighted by atomic mass is 16.2. The summed E-state index contributed by atoms with van der Waals surface area (Å²) in [6.45, 7) is 1.64. The SMILES string of the molecule is O=C(c1ccccn1)C1CCCN(C(=O)c2ccc(Cn3cnnn3)cc2)C1. The van der Waals surface area contributed by atoms with Crippen molar-refractivity contribution in [1.82, 2.24) is 30.1 Å². The van der Waals surface area contributed by atoms with Gasteiger partial charge >= 0.3 is 0 Å². The molecule has 1 aromatic carbocycles. The summed E-state index contributed by atoms with van der Waals surface area (Å²) in [6.07, 6.45) is 4.76. The minimum atomic E-state index is -0.202. The van der Waals surface area contributed by atoms with E-state index in [9.17, 15) is 9.59 Å². The van der Waals surface area contributed by atoms with Crippen LogP contribution in [-0.2, 0) is 6.54 Å². The van der Waals surface area contributed by atoms with Crippen LogP contribution in [0.4, 0.5) is 0 Å². The first-order valence-corrected chi connectivity index (χ1v) is 9.25. The largest absolute Gasteiger partial charge is 0.338 e. The standard InChI is InChI=1S/C20H20N6O2/c27-19(18-5-1-2-10-21-18)17-4-3-11-25(13-17)20(28)16-8-6-15(7-9-16)12-26-14-22-23-24-26/h1-2,5-10,14,17H,3-4,11-13H2. The lowest BCUT2D eigenvalue weighted by Gasteiger charge is -2.32. The second-order valence-corrected chi connectivity index (χ2v) is 6.87. The maximum absolute atomic E-state index is 12.9. The van der Waals surface area contributed by atoms with Gasteiger partial charge in [0.1, 0.15) is 12.0 Å². The summed E-state index contributed by atoms with van der Waals surface area (Å²) in [5.74, 6) is -0.242. The number of benzene rings is 1. The molecule has 8 heteroatoms. The molecule has 1 fully saturated rings. The Hall–Kier alpha value is -3.42. The maximum Gasteiger partial charge on any atom is 0.253 e. The number of likely N-dealkylation sites (tertiary alicyclic amines) is 1. The molecule has 0 N–H and O–H groups in total. The van der Waals surface area contributed by atoms with Gasteiger partial charge in [0, 0.05) is 30.8 Å². The number of amides is 1.